The fraction of sp³-hybridized carbons (Fsp3) is 0.615. The minimum atomic E-state index is -1.78. The molecule has 122 valence electrons. The van der Waals surface area contributed by atoms with Gasteiger partial charge in [0.05, 0.1) is 12.9 Å². The van der Waals surface area contributed by atoms with Crippen LogP contribution in [-0.2, 0) is 4.74 Å². The van der Waals surface area contributed by atoms with E-state index in [1.807, 2.05) is 0 Å². The normalized spacial score (nSPS) is 31.8. The van der Waals surface area contributed by atoms with Crippen molar-refractivity contribution in [3.63, 3.8) is 0 Å². The molecule has 1 aromatic heterocycles. The van der Waals surface area contributed by atoms with E-state index in [4.69, 9.17) is 4.74 Å². The molecule has 22 heavy (non-hydrogen) atoms. The Morgan fingerprint density at radius 2 is 2.27 bits per heavy atom. The zero-order valence-corrected chi connectivity index (χ0v) is 12.6. The van der Waals surface area contributed by atoms with Crippen molar-refractivity contribution in [1.82, 2.24) is 14.5 Å². The molecule has 1 saturated heterocycles. The number of rotatable bonds is 4. The molecule has 0 aromatic carbocycles. The molecule has 0 bridgehead atoms. The Morgan fingerprint density at radius 3 is 2.82 bits per heavy atom. The minimum absolute atomic E-state index is 0.213. The van der Waals surface area contributed by atoms with Crippen LogP contribution in [0.15, 0.2) is 22.1 Å². The summed E-state index contributed by atoms with van der Waals surface area (Å²) in [6.45, 7) is 0.843. The fourth-order valence-corrected chi connectivity index (χ4v) is 2.27. The predicted molar refractivity (Wildman–Crippen MR) is 78.0 cm³/mol. The van der Waals surface area contributed by atoms with E-state index >= 15 is 0 Å². The highest BCUT2D eigenvalue weighted by Crippen LogP contribution is 2.38. The van der Waals surface area contributed by atoms with Gasteiger partial charge < -0.3 is 25.0 Å². The molecular formula is C13H20N4O5. The van der Waals surface area contributed by atoms with Crippen LogP contribution in [0.4, 0.5) is 5.82 Å². The van der Waals surface area contributed by atoms with Crippen molar-refractivity contribution in [3.05, 3.63) is 22.7 Å². The molecule has 4 unspecified atom stereocenters. The molecule has 0 spiro atoms. The van der Waals surface area contributed by atoms with Gasteiger partial charge in [0.15, 0.2) is 6.23 Å². The second kappa shape index (κ2) is 6.13. The lowest BCUT2D eigenvalue weighted by Gasteiger charge is -2.28. The molecule has 9 heteroatoms. The van der Waals surface area contributed by atoms with Gasteiger partial charge in [-0.2, -0.15) is 0 Å². The van der Waals surface area contributed by atoms with Gasteiger partial charge in [0.1, 0.15) is 23.6 Å². The fourth-order valence-electron chi connectivity index (χ4n) is 2.27. The Kier molecular flexibility index (Phi) is 4.61. The van der Waals surface area contributed by atoms with Gasteiger partial charge >= 0.3 is 5.69 Å². The molecule has 3 N–H and O–H groups in total. The molecule has 1 aliphatic heterocycles. The third-order valence-corrected chi connectivity index (χ3v) is 3.45. The quantitative estimate of drug-likeness (QED) is 0.455. The van der Waals surface area contributed by atoms with Crippen molar-refractivity contribution in [1.29, 1.82) is 0 Å². The first-order valence-corrected chi connectivity index (χ1v) is 6.74. The molecule has 0 amide bonds. The lowest BCUT2D eigenvalue weighted by Crippen LogP contribution is -2.46. The Hall–Kier alpha value is -1.81. The van der Waals surface area contributed by atoms with Gasteiger partial charge in [0.2, 0.25) is 0 Å². The zero-order chi connectivity index (χ0) is 16.5. The molecular weight excluding hydrogens is 292 g/mol. The van der Waals surface area contributed by atoms with Crippen LogP contribution in [0.1, 0.15) is 13.2 Å². The number of aliphatic imine (C=N–C) groups is 1. The molecule has 1 aromatic rings. The van der Waals surface area contributed by atoms with Crippen LogP contribution in [0.3, 0.4) is 0 Å². The Bertz CT molecular complexity index is 613. The smallest absolute Gasteiger partial charge is 0.351 e. The molecule has 0 radical (unpaired) electrons. The molecule has 1 aliphatic rings. The van der Waals surface area contributed by atoms with Crippen molar-refractivity contribution < 1.29 is 20.1 Å². The van der Waals surface area contributed by atoms with Gasteiger partial charge in [-0.25, -0.2) is 19.3 Å². The lowest BCUT2D eigenvalue weighted by molar-refractivity contribution is -0.0978. The summed E-state index contributed by atoms with van der Waals surface area (Å²) in [6.07, 6.45) is -0.784. The van der Waals surface area contributed by atoms with Gasteiger partial charge in [-0.15, -0.1) is 0 Å². The Labute approximate surface area is 127 Å². The van der Waals surface area contributed by atoms with Gasteiger partial charge in [-0.05, 0) is 13.0 Å². The van der Waals surface area contributed by atoms with E-state index in [-0.39, 0.29) is 5.82 Å². The van der Waals surface area contributed by atoms with E-state index in [0.717, 1.165) is 4.57 Å². The van der Waals surface area contributed by atoms with E-state index in [0.29, 0.717) is 0 Å². The van der Waals surface area contributed by atoms with Crippen LogP contribution >= 0.6 is 0 Å². The second-order valence-corrected chi connectivity index (χ2v) is 5.54. The average Bonchev–Trinajstić information content (AvgIpc) is 2.68. The van der Waals surface area contributed by atoms with Crippen molar-refractivity contribution in [2.45, 2.75) is 31.0 Å². The van der Waals surface area contributed by atoms with Crippen molar-refractivity contribution in [2.75, 3.05) is 20.7 Å². The Balaban J connectivity index is 2.50. The third kappa shape index (κ3) is 2.88. The zero-order valence-electron chi connectivity index (χ0n) is 12.6. The van der Waals surface area contributed by atoms with E-state index in [1.54, 1.807) is 19.0 Å². The summed E-state index contributed by atoms with van der Waals surface area (Å²) < 4.78 is 6.49. The highest BCUT2D eigenvalue weighted by atomic mass is 16.6. The van der Waals surface area contributed by atoms with Gasteiger partial charge in [0.25, 0.3) is 0 Å². The largest absolute Gasteiger partial charge is 0.394 e. The van der Waals surface area contributed by atoms with Gasteiger partial charge in [-0.1, -0.05) is 0 Å². The lowest BCUT2D eigenvalue weighted by atomic mass is 9.96. The van der Waals surface area contributed by atoms with Crippen molar-refractivity contribution in [2.24, 2.45) is 4.99 Å². The van der Waals surface area contributed by atoms with Gasteiger partial charge in [0, 0.05) is 20.3 Å². The first-order chi connectivity index (χ1) is 10.3. The SMILES string of the molecule is CN(C)C=Nc1ccnc(=O)n1C1OC(CO)C(O)C1(C)O. The molecule has 2 heterocycles. The van der Waals surface area contributed by atoms with Crippen LogP contribution in [0.5, 0.6) is 0 Å². The predicted octanol–water partition coefficient (Wildman–Crippen LogP) is -1.53. The number of aliphatic hydroxyl groups excluding tert-OH is 2. The summed E-state index contributed by atoms with van der Waals surface area (Å²) in [7, 11) is 3.53. The summed E-state index contributed by atoms with van der Waals surface area (Å²) >= 11 is 0. The Morgan fingerprint density at radius 1 is 1.59 bits per heavy atom. The first kappa shape index (κ1) is 16.6. The van der Waals surface area contributed by atoms with Gasteiger partial charge in [-0.3, -0.25) is 0 Å². The van der Waals surface area contributed by atoms with Crippen molar-refractivity contribution >= 4 is 12.2 Å². The van der Waals surface area contributed by atoms with E-state index in [1.165, 1.54) is 25.5 Å². The van der Waals surface area contributed by atoms with Crippen LogP contribution in [-0.4, -0.2) is 74.6 Å². The number of nitrogens with zero attached hydrogens (tertiary/aromatic N) is 4. The molecule has 2 rings (SSSR count). The highest BCUT2D eigenvalue weighted by Gasteiger charge is 2.53. The summed E-state index contributed by atoms with van der Waals surface area (Å²) in [5.74, 6) is 0.213. The second-order valence-electron chi connectivity index (χ2n) is 5.54. The average molecular weight is 312 g/mol. The topological polar surface area (TPSA) is 120 Å². The molecule has 0 saturated carbocycles. The maximum atomic E-state index is 12.1. The minimum Gasteiger partial charge on any atom is -0.394 e. The maximum absolute atomic E-state index is 12.1. The molecule has 9 nitrogen and oxygen atoms in total. The van der Waals surface area contributed by atoms with E-state index in [2.05, 4.69) is 9.98 Å². The van der Waals surface area contributed by atoms with Crippen LogP contribution in [0, 0.1) is 0 Å². The maximum Gasteiger partial charge on any atom is 0.351 e. The van der Waals surface area contributed by atoms with Crippen LogP contribution < -0.4 is 5.69 Å². The van der Waals surface area contributed by atoms with Crippen LogP contribution in [0.25, 0.3) is 0 Å². The number of aliphatic hydroxyl groups is 3. The summed E-state index contributed by atoms with van der Waals surface area (Å²) in [4.78, 5) is 21.5. The number of ether oxygens (including phenoxy) is 1. The van der Waals surface area contributed by atoms with Crippen molar-refractivity contribution in [3.8, 4) is 0 Å². The summed E-state index contributed by atoms with van der Waals surface area (Å²) in [6, 6.07) is 1.49. The number of hydrogen-bond donors (Lipinski definition) is 3. The number of aromatic nitrogens is 2. The molecule has 4 atom stereocenters. The first-order valence-electron chi connectivity index (χ1n) is 6.74. The number of hydrogen-bond acceptors (Lipinski definition) is 7. The molecule has 0 aliphatic carbocycles. The highest BCUT2D eigenvalue weighted by molar-refractivity contribution is 5.59. The third-order valence-electron chi connectivity index (χ3n) is 3.45. The van der Waals surface area contributed by atoms with E-state index < -0.39 is 36.3 Å². The summed E-state index contributed by atoms with van der Waals surface area (Å²) in [5, 5.41) is 29.7. The standard InChI is InChI=1S/C13H20N4O5/c1-13(21)10(19)8(6-18)22-11(13)17-9(15-7-16(2)3)4-5-14-12(17)20/h4-5,7-8,10-11,18-19,21H,6H2,1-3H3. The van der Waals surface area contributed by atoms with E-state index in [9.17, 15) is 20.1 Å². The molecule has 1 fully saturated rings. The summed E-state index contributed by atoms with van der Waals surface area (Å²) in [5.41, 5.74) is -2.45. The monoisotopic (exact) mass is 312 g/mol. The van der Waals surface area contributed by atoms with Crippen LogP contribution in [0.2, 0.25) is 0 Å².